The Morgan fingerprint density at radius 2 is 1.90 bits per heavy atom. The summed E-state index contributed by atoms with van der Waals surface area (Å²) < 4.78 is 3.85. The van der Waals surface area contributed by atoms with Gasteiger partial charge in [0.15, 0.2) is 0 Å². The lowest BCUT2D eigenvalue weighted by Gasteiger charge is -2.06. The maximum absolute atomic E-state index is 4.37. The van der Waals surface area contributed by atoms with Gasteiger partial charge < -0.3 is 0 Å². The lowest BCUT2D eigenvalue weighted by atomic mass is 10.1. The molecule has 0 saturated heterocycles. The van der Waals surface area contributed by atoms with Gasteiger partial charge in [0.2, 0.25) is 0 Å². The van der Waals surface area contributed by atoms with E-state index in [0.717, 1.165) is 30.2 Å². The van der Waals surface area contributed by atoms with E-state index in [1.165, 1.54) is 5.56 Å². The van der Waals surface area contributed by atoms with Crippen LogP contribution in [-0.2, 0) is 19.9 Å². The Morgan fingerprint density at radius 3 is 2.60 bits per heavy atom. The molecule has 0 radical (unpaired) electrons. The van der Waals surface area contributed by atoms with E-state index in [4.69, 9.17) is 0 Å². The highest BCUT2D eigenvalue weighted by atomic mass is 15.4. The lowest BCUT2D eigenvalue weighted by molar-refractivity contribution is 0.703. The summed E-state index contributed by atoms with van der Waals surface area (Å²) in [4.78, 5) is 0. The zero-order valence-electron chi connectivity index (χ0n) is 11.7. The fraction of sp³-hybridized carbons (Fsp3) is 0.267. The minimum absolute atomic E-state index is 0.855. The minimum atomic E-state index is 0.855. The largest absolute Gasteiger partial charge is 0.269 e. The Hall–Kier alpha value is -2.43. The highest BCUT2D eigenvalue weighted by Gasteiger charge is 2.10. The Balaban J connectivity index is 1.82. The predicted octanol–water partition coefficient (Wildman–Crippen LogP) is 2.09. The van der Waals surface area contributed by atoms with E-state index in [-0.39, 0.29) is 0 Å². The molecule has 0 atom stereocenters. The number of aromatic nitrogens is 5. The lowest BCUT2D eigenvalue weighted by Crippen LogP contribution is -2.07. The Bertz CT molecular complexity index is 696. The zero-order valence-corrected chi connectivity index (χ0v) is 11.7. The van der Waals surface area contributed by atoms with Crippen molar-refractivity contribution >= 4 is 0 Å². The summed E-state index contributed by atoms with van der Waals surface area (Å²) in [5.41, 5.74) is 2.30. The van der Waals surface area contributed by atoms with Crippen LogP contribution in [0.15, 0.2) is 42.7 Å². The smallest absolute Gasteiger partial charge is 0.138 e. The van der Waals surface area contributed by atoms with Gasteiger partial charge in [0.05, 0.1) is 5.69 Å². The molecule has 0 bridgehead atoms. The van der Waals surface area contributed by atoms with Crippen molar-refractivity contribution < 1.29 is 0 Å². The second-order valence-electron chi connectivity index (χ2n) is 4.87. The number of aryl methyl sites for hydroxylation is 4. The van der Waals surface area contributed by atoms with Crippen molar-refractivity contribution in [2.24, 2.45) is 7.05 Å². The average molecular weight is 267 g/mol. The first-order valence-corrected chi connectivity index (χ1v) is 6.68. The second kappa shape index (κ2) is 5.28. The fourth-order valence-corrected chi connectivity index (χ4v) is 2.34. The topological polar surface area (TPSA) is 48.5 Å². The van der Waals surface area contributed by atoms with Gasteiger partial charge in [0.25, 0.3) is 0 Å². The van der Waals surface area contributed by atoms with Gasteiger partial charge in [-0.05, 0) is 18.9 Å². The molecule has 0 unspecified atom stereocenters. The SMILES string of the molecule is Cc1cc(-n2cnnc2CCc2ccccc2)n(C)n1. The number of benzene rings is 1. The normalized spacial score (nSPS) is 10.9. The standard InChI is InChI=1S/C15H17N5/c1-12-10-15(19(2)18-12)20-11-16-17-14(20)9-8-13-6-4-3-5-7-13/h3-7,10-11H,8-9H2,1-2H3. The van der Waals surface area contributed by atoms with Gasteiger partial charge in [-0.15, -0.1) is 10.2 Å². The molecule has 2 heterocycles. The van der Waals surface area contributed by atoms with Crippen LogP contribution >= 0.6 is 0 Å². The van der Waals surface area contributed by atoms with Crippen molar-refractivity contribution in [2.45, 2.75) is 19.8 Å². The molecule has 20 heavy (non-hydrogen) atoms. The molecule has 3 aromatic rings. The summed E-state index contributed by atoms with van der Waals surface area (Å²) in [5, 5.41) is 12.6. The van der Waals surface area contributed by atoms with Crippen molar-refractivity contribution in [3.05, 3.63) is 59.8 Å². The van der Waals surface area contributed by atoms with Crippen LogP contribution in [0.4, 0.5) is 0 Å². The van der Waals surface area contributed by atoms with E-state index in [0.29, 0.717) is 0 Å². The third kappa shape index (κ3) is 2.47. The first-order valence-electron chi connectivity index (χ1n) is 6.68. The first kappa shape index (κ1) is 12.6. The van der Waals surface area contributed by atoms with Crippen molar-refractivity contribution in [1.29, 1.82) is 0 Å². The number of hydrogen-bond donors (Lipinski definition) is 0. The van der Waals surface area contributed by atoms with Crippen LogP contribution in [0.25, 0.3) is 5.82 Å². The van der Waals surface area contributed by atoms with Gasteiger partial charge >= 0.3 is 0 Å². The molecule has 0 aliphatic carbocycles. The predicted molar refractivity (Wildman–Crippen MR) is 76.7 cm³/mol. The van der Waals surface area contributed by atoms with Gasteiger partial charge in [-0.2, -0.15) is 5.10 Å². The minimum Gasteiger partial charge on any atom is -0.269 e. The molecule has 0 aliphatic heterocycles. The van der Waals surface area contributed by atoms with E-state index >= 15 is 0 Å². The third-order valence-electron chi connectivity index (χ3n) is 3.32. The van der Waals surface area contributed by atoms with Gasteiger partial charge in [-0.3, -0.25) is 9.25 Å². The van der Waals surface area contributed by atoms with E-state index in [1.54, 1.807) is 6.33 Å². The fourth-order valence-electron chi connectivity index (χ4n) is 2.34. The van der Waals surface area contributed by atoms with Crippen LogP contribution in [0.2, 0.25) is 0 Å². The monoisotopic (exact) mass is 267 g/mol. The van der Waals surface area contributed by atoms with E-state index < -0.39 is 0 Å². The molecule has 0 amide bonds. The summed E-state index contributed by atoms with van der Waals surface area (Å²) in [6.45, 7) is 1.98. The summed E-state index contributed by atoms with van der Waals surface area (Å²) in [6.07, 6.45) is 3.56. The van der Waals surface area contributed by atoms with Crippen LogP contribution in [0.3, 0.4) is 0 Å². The number of nitrogens with zero attached hydrogens (tertiary/aromatic N) is 5. The van der Waals surface area contributed by atoms with Crippen molar-refractivity contribution in [1.82, 2.24) is 24.5 Å². The molecule has 0 saturated carbocycles. The van der Waals surface area contributed by atoms with Crippen molar-refractivity contribution in [2.75, 3.05) is 0 Å². The molecule has 5 heteroatoms. The van der Waals surface area contributed by atoms with Gasteiger partial charge in [-0.1, -0.05) is 30.3 Å². The van der Waals surface area contributed by atoms with E-state index in [2.05, 4.69) is 39.6 Å². The molecule has 0 fully saturated rings. The third-order valence-corrected chi connectivity index (χ3v) is 3.32. The second-order valence-corrected chi connectivity index (χ2v) is 4.87. The quantitative estimate of drug-likeness (QED) is 0.727. The van der Waals surface area contributed by atoms with E-state index in [1.807, 2.05) is 35.4 Å². The highest BCUT2D eigenvalue weighted by molar-refractivity contribution is 5.26. The van der Waals surface area contributed by atoms with Crippen LogP contribution in [0.1, 0.15) is 17.1 Å². The summed E-state index contributed by atoms with van der Waals surface area (Å²) >= 11 is 0. The van der Waals surface area contributed by atoms with Crippen molar-refractivity contribution in [3.8, 4) is 5.82 Å². The molecule has 3 rings (SSSR count). The summed E-state index contributed by atoms with van der Waals surface area (Å²) in [7, 11) is 1.93. The van der Waals surface area contributed by atoms with Crippen LogP contribution in [0.5, 0.6) is 0 Å². The number of hydrogen-bond acceptors (Lipinski definition) is 3. The molecule has 0 aliphatic rings. The Kier molecular flexibility index (Phi) is 3.33. The zero-order chi connectivity index (χ0) is 13.9. The molecule has 1 aromatic carbocycles. The van der Waals surface area contributed by atoms with Gasteiger partial charge in [0, 0.05) is 19.5 Å². The molecular formula is C15H17N5. The van der Waals surface area contributed by atoms with E-state index in [9.17, 15) is 0 Å². The number of rotatable bonds is 4. The maximum Gasteiger partial charge on any atom is 0.138 e. The van der Waals surface area contributed by atoms with Gasteiger partial charge in [0.1, 0.15) is 18.0 Å². The molecule has 0 N–H and O–H groups in total. The Labute approximate surface area is 117 Å². The Morgan fingerprint density at radius 1 is 1.10 bits per heavy atom. The first-order chi connectivity index (χ1) is 9.74. The summed E-state index contributed by atoms with van der Waals surface area (Å²) in [5.74, 6) is 1.95. The van der Waals surface area contributed by atoms with Crippen LogP contribution in [-0.4, -0.2) is 24.5 Å². The van der Waals surface area contributed by atoms with Gasteiger partial charge in [-0.25, -0.2) is 0 Å². The summed E-state index contributed by atoms with van der Waals surface area (Å²) in [6, 6.07) is 12.5. The highest BCUT2D eigenvalue weighted by Crippen LogP contribution is 2.12. The maximum atomic E-state index is 4.37. The average Bonchev–Trinajstić information content (AvgIpc) is 3.03. The molecule has 2 aromatic heterocycles. The van der Waals surface area contributed by atoms with Crippen LogP contribution in [0, 0.1) is 6.92 Å². The molecule has 5 nitrogen and oxygen atoms in total. The van der Waals surface area contributed by atoms with Crippen LogP contribution < -0.4 is 0 Å². The van der Waals surface area contributed by atoms with Crippen molar-refractivity contribution in [3.63, 3.8) is 0 Å². The molecular weight excluding hydrogens is 250 g/mol. The molecule has 102 valence electrons. The molecule has 0 spiro atoms.